The summed E-state index contributed by atoms with van der Waals surface area (Å²) in [5.41, 5.74) is 1.81. The number of carboxylic acids is 1. The lowest BCUT2D eigenvalue weighted by molar-refractivity contribution is -0.144. The number of amides is 1. The molecule has 0 aromatic heterocycles. The lowest BCUT2D eigenvalue weighted by Crippen LogP contribution is -2.36. The molecule has 0 fully saturated rings. The topological polar surface area (TPSA) is 66.8 Å². The maximum atomic E-state index is 12.1. The molecule has 5 nitrogen and oxygen atoms in total. The van der Waals surface area contributed by atoms with Crippen LogP contribution in [0.25, 0.3) is 0 Å². The highest BCUT2D eigenvalue weighted by Gasteiger charge is 2.17. The number of likely N-dealkylation sites (N-methyl/N-ethyl adjacent to an activating group) is 1. The van der Waals surface area contributed by atoms with Gasteiger partial charge in [0.15, 0.2) is 0 Å². The molecule has 1 amide bonds. The summed E-state index contributed by atoms with van der Waals surface area (Å²) >= 11 is 0. The van der Waals surface area contributed by atoms with E-state index in [1.807, 2.05) is 25.1 Å². The first-order chi connectivity index (χ1) is 8.97. The number of hydrogen-bond donors (Lipinski definition) is 1. The summed E-state index contributed by atoms with van der Waals surface area (Å²) in [6, 6.07) is 5.60. The van der Waals surface area contributed by atoms with Crippen LogP contribution in [-0.2, 0) is 16.0 Å². The second kappa shape index (κ2) is 6.78. The van der Waals surface area contributed by atoms with E-state index in [0.29, 0.717) is 12.3 Å². The van der Waals surface area contributed by atoms with Crippen molar-refractivity contribution in [2.24, 2.45) is 0 Å². The van der Waals surface area contributed by atoms with Crippen molar-refractivity contribution in [2.75, 3.05) is 20.2 Å². The summed E-state index contributed by atoms with van der Waals surface area (Å²) in [4.78, 5) is 24.1. The first kappa shape index (κ1) is 15.0. The Labute approximate surface area is 112 Å². The third-order valence-corrected chi connectivity index (χ3v) is 2.84. The molecule has 0 atom stereocenters. The van der Waals surface area contributed by atoms with Crippen molar-refractivity contribution in [1.29, 1.82) is 0 Å². The molecule has 5 heteroatoms. The average Bonchev–Trinajstić information content (AvgIpc) is 2.35. The molecule has 0 aliphatic heterocycles. The largest absolute Gasteiger partial charge is 0.496 e. The zero-order valence-corrected chi connectivity index (χ0v) is 11.5. The maximum Gasteiger partial charge on any atom is 0.323 e. The molecule has 0 saturated heterocycles. The molecule has 0 heterocycles. The molecular weight excluding hydrogens is 246 g/mol. The molecule has 0 bridgehead atoms. The first-order valence-corrected chi connectivity index (χ1v) is 6.11. The van der Waals surface area contributed by atoms with Crippen LogP contribution in [0.2, 0.25) is 0 Å². The highest BCUT2D eigenvalue weighted by molar-refractivity contribution is 5.83. The van der Waals surface area contributed by atoms with Crippen LogP contribution in [-0.4, -0.2) is 42.1 Å². The van der Waals surface area contributed by atoms with Gasteiger partial charge in [0.05, 0.1) is 13.5 Å². The van der Waals surface area contributed by atoms with Crippen LogP contribution in [0.3, 0.4) is 0 Å². The predicted octanol–water partition coefficient (Wildman–Crippen LogP) is 1.48. The smallest absolute Gasteiger partial charge is 0.323 e. The lowest BCUT2D eigenvalue weighted by Gasteiger charge is -2.19. The molecule has 0 saturated carbocycles. The molecule has 1 N–H and O–H groups in total. The number of benzene rings is 1. The third kappa shape index (κ3) is 4.28. The van der Waals surface area contributed by atoms with Gasteiger partial charge in [-0.05, 0) is 19.9 Å². The second-order valence-corrected chi connectivity index (χ2v) is 4.29. The van der Waals surface area contributed by atoms with Crippen molar-refractivity contribution >= 4 is 11.9 Å². The number of aryl methyl sites for hydroxylation is 1. The van der Waals surface area contributed by atoms with E-state index in [9.17, 15) is 9.59 Å². The summed E-state index contributed by atoms with van der Waals surface area (Å²) in [5.74, 6) is -0.578. The molecular formula is C14H19NO4. The SMILES string of the molecule is CCN(CC(=O)O)C(=O)Cc1cc(C)ccc1OC. The van der Waals surface area contributed by atoms with Gasteiger partial charge in [-0.15, -0.1) is 0 Å². The van der Waals surface area contributed by atoms with Gasteiger partial charge >= 0.3 is 5.97 Å². The Morgan fingerprint density at radius 3 is 2.58 bits per heavy atom. The van der Waals surface area contributed by atoms with Crippen molar-refractivity contribution in [2.45, 2.75) is 20.3 Å². The zero-order valence-electron chi connectivity index (χ0n) is 11.5. The van der Waals surface area contributed by atoms with E-state index in [0.717, 1.165) is 11.1 Å². The van der Waals surface area contributed by atoms with Crippen molar-refractivity contribution in [3.05, 3.63) is 29.3 Å². The summed E-state index contributed by atoms with van der Waals surface area (Å²) in [6.07, 6.45) is 0.145. The summed E-state index contributed by atoms with van der Waals surface area (Å²) in [6.45, 7) is 3.79. The van der Waals surface area contributed by atoms with E-state index >= 15 is 0 Å². The summed E-state index contributed by atoms with van der Waals surface area (Å²) in [7, 11) is 1.55. The fourth-order valence-corrected chi connectivity index (χ4v) is 1.86. The van der Waals surface area contributed by atoms with E-state index in [2.05, 4.69) is 0 Å². The molecule has 19 heavy (non-hydrogen) atoms. The third-order valence-electron chi connectivity index (χ3n) is 2.84. The quantitative estimate of drug-likeness (QED) is 0.846. The number of rotatable bonds is 6. The Morgan fingerprint density at radius 1 is 1.37 bits per heavy atom. The van der Waals surface area contributed by atoms with Crippen molar-refractivity contribution in [3.8, 4) is 5.75 Å². The molecule has 0 unspecified atom stereocenters. The number of nitrogens with zero attached hydrogens (tertiary/aromatic N) is 1. The molecule has 0 spiro atoms. The van der Waals surface area contributed by atoms with E-state index < -0.39 is 5.97 Å². The van der Waals surface area contributed by atoms with Gasteiger partial charge in [-0.25, -0.2) is 0 Å². The molecule has 1 rings (SSSR count). The molecule has 104 valence electrons. The molecule has 0 aliphatic carbocycles. The van der Waals surface area contributed by atoms with Crippen LogP contribution in [0, 0.1) is 6.92 Å². The molecule has 0 radical (unpaired) electrons. The van der Waals surface area contributed by atoms with Crippen LogP contribution >= 0.6 is 0 Å². The van der Waals surface area contributed by atoms with Gasteiger partial charge in [-0.3, -0.25) is 9.59 Å². The Kier molecular flexibility index (Phi) is 5.36. The zero-order chi connectivity index (χ0) is 14.4. The van der Waals surface area contributed by atoms with Crippen LogP contribution in [0.5, 0.6) is 5.75 Å². The van der Waals surface area contributed by atoms with E-state index in [1.54, 1.807) is 14.0 Å². The van der Waals surface area contributed by atoms with E-state index in [-0.39, 0.29) is 18.9 Å². The fraction of sp³-hybridized carbons (Fsp3) is 0.429. The van der Waals surface area contributed by atoms with Crippen LogP contribution in [0.15, 0.2) is 18.2 Å². The highest BCUT2D eigenvalue weighted by Crippen LogP contribution is 2.20. The Bertz CT molecular complexity index is 471. The van der Waals surface area contributed by atoms with E-state index in [1.165, 1.54) is 4.90 Å². The van der Waals surface area contributed by atoms with Crippen LogP contribution in [0.4, 0.5) is 0 Å². The van der Waals surface area contributed by atoms with Gasteiger partial charge in [0.25, 0.3) is 0 Å². The van der Waals surface area contributed by atoms with Gasteiger partial charge in [-0.2, -0.15) is 0 Å². The fourth-order valence-electron chi connectivity index (χ4n) is 1.86. The van der Waals surface area contributed by atoms with Gasteiger partial charge in [0.1, 0.15) is 12.3 Å². The lowest BCUT2D eigenvalue weighted by atomic mass is 10.1. The predicted molar refractivity (Wildman–Crippen MR) is 71.3 cm³/mol. The van der Waals surface area contributed by atoms with Gasteiger partial charge in [0, 0.05) is 12.1 Å². The number of carbonyl (C=O) groups is 2. The number of aliphatic carboxylic acids is 1. The van der Waals surface area contributed by atoms with Gasteiger partial charge < -0.3 is 14.7 Å². The van der Waals surface area contributed by atoms with Gasteiger partial charge in [-0.1, -0.05) is 17.7 Å². The molecule has 0 aliphatic rings. The highest BCUT2D eigenvalue weighted by atomic mass is 16.5. The molecule has 1 aromatic carbocycles. The number of methoxy groups -OCH3 is 1. The Balaban J connectivity index is 2.85. The van der Waals surface area contributed by atoms with Crippen LogP contribution < -0.4 is 4.74 Å². The average molecular weight is 265 g/mol. The molecule has 1 aromatic rings. The number of carboxylic acid groups (broad SMARTS) is 1. The Hall–Kier alpha value is -2.04. The van der Waals surface area contributed by atoms with Crippen molar-refractivity contribution in [3.63, 3.8) is 0 Å². The number of hydrogen-bond acceptors (Lipinski definition) is 3. The summed E-state index contributed by atoms with van der Waals surface area (Å²) < 4.78 is 5.21. The first-order valence-electron chi connectivity index (χ1n) is 6.11. The van der Waals surface area contributed by atoms with E-state index in [4.69, 9.17) is 9.84 Å². The minimum atomic E-state index is -1.01. The number of ether oxygens (including phenoxy) is 1. The van der Waals surface area contributed by atoms with Crippen molar-refractivity contribution < 1.29 is 19.4 Å². The minimum absolute atomic E-state index is 0.145. The normalized spacial score (nSPS) is 10.1. The second-order valence-electron chi connectivity index (χ2n) is 4.29. The number of carbonyl (C=O) groups excluding carboxylic acids is 1. The Morgan fingerprint density at radius 2 is 2.05 bits per heavy atom. The van der Waals surface area contributed by atoms with Crippen molar-refractivity contribution in [1.82, 2.24) is 4.90 Å². The summed E-state index contributed by atoms with van der Waals surface area (Å²) in [5, 5.41) is 8.76. The van der Waals surface area contributed by atoms with Gasteiger partial charge in [0.2, 0.25) is 5.91 Å². The maximum absolute atomic E-state index is 12.1. The minimum Gasteiger partial charge on any atom is -0.496 e. The standard InChI is InChI=1S/C14H19NO4/c1-4-15(9-14(17)18)13(16)8-11-7-10(2)5-6-12(11)19-3/h5-7H,4,8-9H2,1-3H3,(H,17,18). The monoisotopic (exact) mass is 265 g/mol. The van der Waals surface area contributed by atoms with Crippen LogP contribution in [0.1, 0.15) is 18.1 Å².